The fraction of sp³-hybridized carbons (Fsp3) is 0.400. The number of nitrogens with one attached hydrogen (secondary N) is 2. The van der Waals surface area contributed by atoms with Crippen LogP contribution >= 0.6 is 0 Å². The average Bonchev–Trinajstić information content (AvgIpc) is 3.43. The Morgan fingerprint density at radius 1 is 1.00 bits per heavy atom. The van der Waals surface area contributed by atoms with E-state index >= 15 is 0 Å². The number of fused-ring (bicyclic) bond motifs is 1. The Balaban J connectivity index is 1.29. The zero-order valence-corrected chi connectivity index (χ0v) is 20.0. The highest BCUT2D eigenvalue weighted by atomic mass is 32.2. The monoisotopic (exact) mass is 520 g/mol. The molecular formula is C25H24F4N4O2S. The normalized spacial score (nSPS) is 27.3. The number of aromatic amines is 1. The summed E-state index contributed by atoms with van der Waals surface area (Å²) in [7, 11) is -4.21. The molecule has 0 amide bonds. The summed E-state index contributed by atoms with van der Waals surface area (Å²) in [5.41, 5.74) is 3.67. The van der Waals surface area contributed by atoms with Crippen molar-refractivity contribution in [2.24, 2.45) is 11.8 Å². The molecule has 1 spiro atoms. The largest absolute Gasteiger partial charge is 0.402 e. The maximum absolute atomic E-state index is 13.3. The standard InChI is InChI=1S/C25H24F4N4O2S/c26-21-7-3-15(4-8-21)22-12-30-23(31-22)17-2-1-16-10-19-5-6-20(11-18(16)9-17)24(19)13-33(14-25(27,28)29)36(34,35)32-24/h1-4,7-9,12,19-20,32H,5-6,10-11,13-14H2,(H,30,31)/t19-,20?,24+/m0/s1. The molecule has 2 fully saturated rings. The molecule has 190 valence electrons. The Labute approximate surface area is 205 Å². The van der Waals surface area contributed by atoms with Crippen molar-refractivity contribution < 1.29 is 26.0 Å². The summed E-state index contributed by atoms with van der Waals surface area (Å²) in [6.07, 6.45) is -0.202. The van der Waals surface area contributed by atoms with Crippen molar-refractivity contribution >= 4 is 10.2 Å². The molecule has 1 saturated heterocycles. The molecule has 3 aromatic rings. The third-order valence-electron chi connectivity index (χ3n) is 7.92. The predicted octanol–water partition coefficient (Wildman–Crippen LogP) is 4.46. The molecule has 1 aromatic heterocycles. The van der Waals surface area contributed by atoms with Crippen LogP contribution in [0.1, 0.15) is 24.0 Å². The number of nitrogens with zero attached hydrogens (tertiary/aromatic N) is 2. The predicted molar refractivity (Wildman–Crippen MR) is 125 cm³/mol. The van der Waals surface area contributed by atoms with E-state index in [1.54, 1.807) is 18.3 Å². The highest BCUT2D eigenvalue weighted by molar-refractivity contribution is 7.87. The molecule has 3 atom stereocenters. The van der Waals surface area contributed by atoms with Gasteiger partial charge >= 0.3 is 6.18 Å². The van der Waals surface area contributed by atoms with Crippen molar-refractivity contribution in [1.29, 1.82) is 0 Å². The molecule has 1 unspecified atom stereocenters. The molecule has 2 bridgehead atoms. The van der Waals surface area contributed by atoms with Crippen LogP contribution in [0.25, 0.3) is 22.6 Å². The number of rotatable bonds is 3. The minimum atomic E-state index is -4.60. The molecule has 2 heterocycles. The lowest BCUT2D eigenvalue weighted by molar-refractivity contribution is -0.136. The maximum Gasteiger partial charge on any atom is 0.402 e. The van der Waals surface area contributed by atoms with Crippen LogP contribution in [0.15, 0.2) is 48.7 Å². The third-order valence-corrected chi connectivity index (χ3v) is 9.49. The Kier molecular flexibility index (Phi) is 5.33. The van der Waals surface area contributed by atoms with E-state index in [2.05, 4.69) is 14.7 Å². The van der Waals surface area contributed by atoms with Crippen LogP contribution in [0.4, 0.5) is 17.6 Å². The second-order valence-corrected chi connectivity index (χ2v) is 11.7. The van der Waals surface area contributed by atoms with Crippen molar-refractivity contribution in [2.75, 3.05) is 13.1 Å². The van der Waals surface area contributed by atoms with Crippen molar-refractivity contribution in [2.45, 2.75) is 37.4 Å². The summed E-state index contributed by atoms with van der Waals surface area (Å²) in [5, 5.41) is 0. The SMILES string of the molecule is O=S1(=O)N[C@@]2(CN1CC(F)(F)F)C1CC[C@H]2Cc2ccc(-c3ncc(-c4ccc(F)cc4)[nH]3)cc2C1. The molecule has 6 nitrogen and oxygen atoms in total. The first-order valence-electron chi connectivity index (χ1n) is 11.8. The van der Waals surface area contributed by atoms with Crippen molar-refractivity contribution in [3.05, 3.63) is 65.6 Å². The van der Waals surface area contributed by atoms with Gasteiger partial charge in [0.15, 0.2) is 0 Å². The Morgan fingerprint density at radius 2 is 1.67 bits per heavy atom. The lowest BCUT2D eigenvalue weighted by atomic mass is 9.79. The summed E-state index contributed by atoms with van der Waals surface area (Å²) in [6.45, 7) is -1.64. The minimum Gasteiger partial charge on any atom is -0.338 e. The van der Waals surface area contributed by atoms with E-state index < -0.39 is 28.5 Å². The Bertz CT molecular complexity index is 1420. The van der Waals surface area contributed by atoms with Crippen molar-refractivity contribution in [3.63, 3.8) is 0 Å². The van der Waals surface area contributed by atoms with Crippen LogP contribution < -0.4 is 4.72 Å². The van der Waals surface area contributed by atoms with Crippen LogP contribution in [-0.2, 0) is 23.1 Å². The Morgan fingerprint density at radius 3 is 2.36 bits per heavy atom. The summed E-state index contributed by atoms with van der Waals surface area (Å²) in [6, 6.07) is 12.1. The number of hydrogen-bond acceptors (Lipinski definition) is 3. The molecule has 36 heavy (non-hydrogen) atoms. The number of alkyl halides is 3. The first-order chi connectivity index (χ1) is 17.0. The van der Waals surface area contributed by atoms with E-state index in [0.717, 1.165) is 40.8 Å². The van der Waals surface area contributed by atoms with Gasteiger partial charge in [-0.3, -0.25) is 0 Å². The highest BCUT2D eigenvalue weighted by Gasteiger charge is 2.60. The summed E-state index contributed by atoms with van der Waals surface area (Å²) < 4.78 is 81.1. The second kappa shape index (κ2) is 8.12. The number of hydrogen-bond donors (Lipinski definition) is 2. The zero-order chi connectivity index (χ0) is 25.3. The van der Waals surface area contributed by atoms with Gasteiger partial charge in [0.25, 0.3) is 10.2 Å². The summed E-state index contributed by atoms with van der Waals surface area (Å²) in [4.78, 5) is 7.76. The number of halogens is 4. The minimum absolute atomic E-state index is 0.0729. The first-order valence-corrected chi connectivity index (χ1v) is 13.3. The van der Waals surface area contributed by atoms with Gasteiger partial charge in [-0.05, 0) is 84.5 Å². The average molecular weight is 521 g/mol. The van der Waals surface area contributed by atoms with E-state index in [-0.39, 0.29) is 24.2 Å². The van der Waals surface area contributed by atoms with Gasteiger partial charge in [-0.2, -0.15) is 30.6 Å². The van der Waals surface area contributed by atoms with Crippen LogP contribution in [0.5, 0.6) is 0 Å². The van der Waals surface area contributed by atoms with E-state index in [9.17, 15) is 26.0 Å². The lowest BCUT2D eigenvalue weighted by Gasteiger charge is -2.33. The molecule has 2 aromatic carbocycles. The molecule has 11 heteroatoms. The zero-order valence-electron chi connectivity index (χ0n) is 19.1. The van der Waals surface area contributed by atoms with Crippen LogP contribution in [0.2, 0.25) is 0 Å². The molecule has 1 aliphatic heterocycles. The van der Waals surface area contributed by atoms with E-state index in [4.69, 9.17) is 0 Å². The van der Waals surface area contributed by atoms with E-state index in [1.807, 2.05) is 18.2 Å². The second-order valence-electron chi connectivity index (χ2n) is 10.0. The summed E-state index contributed by atoms with van der Waals surface area (Å²) in [5.74, 6) is 0.163. The molecule has 0 radical (unpaired) electrons. The highest BCUT2D eigenvalue weighted by Crippen LogP contribution is 2.50. The molecule has 3 aliphatic rings. The fourth-order valence-corrected chi connectivity index (χ4v) is 7.94. The van der Waals surface area contributed by atoms with Gasteiger partial charge in [0.05, 0.1) is 17.4 Å². The van der Waals surface area contributed by atoms with Gasteiger partial charge in [-0.1, -0.05) is 12.1 Å². The van der Waals surface area contributed by atoms with Crippen molar-refractivity contribution in [1.82, 2.24) is 19.0 Å². The maximum atomic E-state index is 13.3. The smallest absolute Gasteiger partial charge is 0.338 e. The number of imidazole rings is 1. The molecular weight excluding hydrogens is 496 g/mol. The quantitative estimate of drug-likeness (QED) is 0.501. The topological polar surface area (TPSA) is 78.1 Å². The van der Waals surface area contributed by atoms with E-state index in [0.29, 0.717) is 23.0 Å². The van der Waals surface area contributed by atoms with Crippen LogP contribution in [-0.4, -0.2) is 47.5 Å². The van der Waals surface area contributed by atoms with Crippen LogP contribution in [0, 0.1) is 17.7 Å². The molecule has 2 aliphatic carbocycles. The molecule has 2 N–H and O–H groups in total. The first kappa shape index (κ1) is 23.6. The third kappa shape index (κ3) is 4.03. The van der Waals surface area contributed by atoms with Crippen molar-refractivity contribution in [3.8, 4) is 22.6 Å². The molecule has 1 saturated carbocycles. The number of aromatic nitrogens is 2. The van der Waals surface area contributed by atoms with Gasteiger partial charge in [0.2, 0.25) is 0 Å². The van der Waals surface area contributed by atoms with Crippen LogP contribution in [0.3, 0.4) is 0 Å². The molecule has 6 rings (SSSR count). The van der Waals surface area contributed by atoms with Gasteiger partial charge in [0, 0.05) is 12.1 Å². The number of H-pyrrole nitrogens is 1. The van der Waals surface area contributed by atoms with Gasteiger partial charge in [-0.15, -0.1) is 0 Å². The lowest BCUT2D eigenvalue weighted by Crippen LogP contribution is -2.52. The fourth-order valence-electron chi connectivity index (χ4n) is 6.24. The number of benzene rings is 2. The van der Waals surface area contributed by atoms with Gasteiger partial charge in [0.1, 0.15) is 18.2 Å². The van der Waals surface area contributed by atoms with E-state index in [1.165, 1.54) is 12.1 Å². The Hall–Kier alpha value is -2.76. The van der Waals surface area contributed by atoms with Gasteiger partial charge < -0.3 is 4.98 Å². The summed E-state index contributed by atoms with van der Waals surface area (Å²) >= 11 is 0. The van der Waals surface area contributed by atoms with Gasteiger partial charge in [-0.25, -0.2) is 9.37 Å².